The van der Waals surface area contributed by atoms with Crippen molar-refractivity contribution >= 4 is 38.3 Å². The molecule has 32 heavy (non-hydrogen) atoms. The van der Waals surface area contributed by atoms with Crippen molar-refractivity contribution in [3.63, 3.8) is 0 Å². The van der Waals surface area contributed by atoms with Gasteiger partial charge in [-0.2, -0.15) is 0 Å². The second-order valence-corrected chi connectivity index (χ2v) is 9.80. The number of methoxy groups -OCH3 is 1. The number of fused-ring (bicyclic) bond motifs is 1. The fraction of sp³-hybridized carbons (Fsp3) is 0.423. The summed E-state index contributed by atoms with van der Waals surface area (Å²) in [4.78, 5) is 7.04. The van der Waals surface area contributed by atoms with Crippen LogP contribution in [0.15, 0.2) is 53.0 Å². The predicted molar refractivity (Wildman–Crippen MR) is 138 cm³/mol. The van der Waals surface area contributed by atoms with Crippen LogP contribution >= 0.6 is 15.9 Å². The number of aromatic nitrogens is 1. The molecule has 3 aromatic rings. The van der Waals surface area contributed by atoms with Crippen molar-refractivity contribution in [1.82, 2.24) is 10.3 Å². The molecule has 0 aliphatic heterocycles. The monoisotopic (exact) mass is 496 g/mol. The number of nitrogens with zero attached hydrogens (tertiary/aromatic N) is 2. The van der Waals surface area contributed by atoms with Gasteiger partial charge in [-0.3, -0.25) is 0 Å². The summed E-state index contributed by atoms with van der Waals surface area (Å²) >= 11 is 3.56. The number of para-hydroxylation sites is 1. The van der Waals surface area contributed by atoms with Crippen LogP contribution in [0.3, 0.4) is 0 Å². The number of pyridine rings is 1. The van der Waals surface area contributed by atoms with Gasteiger partial charge in [-0.15, -0.1) is 0 Å². The molecule has 0 spiro atoms. The van der Waals surface area contributed by atoms with Crippen molar-refractivity contribution in [2.24, 2.45) is 5.92 Å². The molecule has 2 N–H and O–H groups in total. The second-order valence-electron chi connectivity index (χ2n) is 8.89. The van der Waals surface area contributed by atoms with Crippen LogP contribution in [0.4, 0.5) is 11.5 Å². The van der Waals surface area contributed by atoms with Gasteiger partial charge in [0.1, 0.15) is 11.6 Å². The first-order chi connectivity index (χ1) is 15.5. The highest BCUT2D eigenvalue weighted by Gasteiger charge is 2.22. The lowest BCUT2D eigenvalue weighted by molar-refractivity contribution is 0.323. The maximum absolute atomic E-state index is 5.49. The lowest BCUT2D eigenvalue weighted by Gasteiger charge is -2.30. The van der Waals surface area contributed by atoms with Gasteiger partial charge in [-0.1, -0.05) is 34.1 Å². The molecule has 170 valence electrons. The van der Waals surface area contributed by atoms with Crippen LogP contribution in [-0.4, -0.2) is 38.8 Å². The molecule has 1 saturated carbocycles. The van der Waals surface area contributed by atoms with Crippen molar-refractivity contribution < 1.29 is 4.74 Å². The zero-order chi connectivity index (χ0) is 22.5. The average molecular weight is 497 g/mol. The number of anilines is 2. The topological polar surface area (TPSA) is 49.4 Å². The highest BCUT2D eigenvalue weighted by Crippen LogP contribution is 2.30. The van der Waals surface area contributed by atoms with Crippen LogP contribution in [0, 0.1) is 5.92 Å². The molecule has 5 nitrogen and oxygen atoms in total. The lowest BCUT2D eigenvalue weighted by Crippen LogP contribution is -2.31. The highest BCUT2D eigenvalue weighted by atomic mass is 79.9. The summed E-state index contributed by atoms with van der Waals surface area (Å²) in [7, 11) is 5.91. The number of halogens is 1. The Balaban J connectivity index is 1.30. The molecular weight excluding hydrogens is 464 g/mol. The van der Waals surface area contributed by atoms with Crippen molar-refractivity contribution in [2.75, 3.05) is 38.0 Å². The number of ether oxygens (including phenoxy) is 1. The van der Waals surface area contributed by atoms with Crippen molar-refractivity contribution in [3.8, 4) is 5.75 Å². The van der Waals surface area contributed by atoms with Gasteiger partial charge in [0, 0.05) is 53.9 Å². The average Bonchev–Trinajstić information content (AvgIpc) is 2.80. The van der Waals surface area contributed by atoms with E-state index < -0.39 is 0 Å². The van der Waals surface area contributed by atoms with E-state index in [0.29, 0.717) is 12.0 Å². The number of hydrogen-bond donors (Lipinski definition) is 2. The fourth-order valence-electron chi connectivity index (χ4n) is 4.62. The second kappa shape index (κ2) is 10.5. The van der Waals surface area contributed by atoms with Gasteiger partial charge in [0.15, 0.2) is 0 Å². The van der Waals surface area contributed by atoms with Crippen LogP contribution in [0.1, 0.15) is 31.2 Å². The van der Waals surface area contributed by atoms with E-state index >= 15 is 0 Å². The summed E-state index contributed by atoms with van der Waals surface area (Å²) in [5.74, 6) is 2.64. The van der Waals surface area contributed by atoms with Gasteiger partial charge in [-0.05, 0) is 62.4 Å². The normalized spacial score (nSPS) is 18.5. The lowest BCUT2D eigenvalue weighted by atomic mass is 9.86. The van der Waals surface area contributed by atoms with E-state index in [2.05, 4.69) is 82.0 Å². The molecular formula is C26H33BrN4O. The van der Waals surface area contributed by atoms with Crippen LogP contribution in [0.5, 0.6) is 5.75 Å². The number of nitrogens with one attached hydrogen (secondary N) is 2. The minimum Gasteiger partial charge on any atom is -0.496 e. The summed E-state index contributed by atoms with van der Waals surface area (Å²) in [5, 5.41) is 8.55. The Morgan fingerprint density at radius 2 is 1.84 bits per heavy atom. The van der Waals surface area contributed by atoms with Crippen molar-refractivity contribution in [2.45, 2.75) is 38.3 Å². The molecule has 1 fully saturated rings. The quantitative estimate of drug-likeness (QED) is 0.410. The minimum atomic E-state index is 0.486. The van der Waals surface area contributed by atoms with Gasteiger partial charge in [0.25, 0.3) is 0 Å². The fourth-order valence-corrected chi connectivity index (χ4v) is 5.03. The van der Waals surface area contributed by atoms with E-state index in [9.17, 15) is 0 Å². The van der Waals surface area contributed by atoms with Gasteiger partial charge in [-0.25, -0.2) is 4.98 Å². The van der Waals surface area contributed by atoms with Crippen molar-refractivity contribution in [1.29, 1.82) is 0 Å². The maximum atomic E-state index is 5.49. The van der Waals surface area contributed by atoms with E-state index in [1.807, 2.05) is 12.1 Å². The zero-order valence-electron chi connectivity index (χ0n) is 19.2. The number of benzene rings is 2. The van der Waals surface area contributed by atoms with Gasteiger partial charge < -0.3 is 20.3 Å². The van der Waals surface area contributed by atoms with E-state index in [0.717, 1.165) is 34.6 Å². The van der Waals surface area contributed by atoms with Gasteiger partial charge in [0.2, 0.25) is 0 Å². The van der Waals surface area contributed by atoms with Crippen LogP contribution in [0.25, 0.3) is 10.9 Å². The summed E-state index contributed by atoms with van der Waals surface area (Å²) in [6, 6.07) is 17.2. The van der Waals surface area contributed by atoms with Gasteiger partial charge >= 0.3 is 0 Å². The maximum Gasteiger partial charge on any atom is 0.128 e. The molecule has 0 bridgehead atoms. The van der Waals surface area contributed by atoms with E-state index in [1.165, 1.54) is 42.3 Å². The molecule has 0 atom stereocenters. The molecule has 0 amide bonds. The smallest absolute Gasteiger partial charge is 0.128 e. The van der Waals surface area contributed by atoms with Gasteiger partial charge in [0.05, 0.1) is 12.6 Å². The third-order valence-corrected chi connectivity index (χ3v) is 6.86. The van der Waals surface area contributed by atoms with E-state index in [4.69, 9.17) is 9.72 Å². The first-order valence-electron chi connectivity index (χ1n) is 11.4. The SMILES string of the molecule is COc1ccc(Br)cc1CNC[C@H]1CC[C@@H](Nc2cc(N(C)C)c3ccccc3n2)CC1. The van der Waals surface area contributed by atoms with Crippen LogP contribution in [0.2, 0.25) is 0 Å². The molecule has 1 aromatic heterocycles. The highest BCUT2D eigenvalue weighted by molar-refractivity contribution is 9.10. The standard InChI is InChI=1S/C26H33BrN4O/c1-31(2)24-15-26(30-23-7-5-4-6-22(23)24)29-21-11-8-18(9-12-21)16-28-17-19-14-20(27)10-13-25(19)32-3/h4-7,10,13-15,18,21,28H,8-9,11-12,16-17H2,1-3H3,(H,29,30)/t18-,21+. The molecule has 2 aromatic carbocycles. The summed E-state index contributed by atoms with van der Waals surface area (Å²) in [6.45, 7) is 1.87. The number of hydrogen-bond acceptors (Lipinski definition) is 5. The Morgan fingerprint density at radius 1 is 1.06 bits per heavy atom. The van der Waals surface area contributed by atoms with Crippen molar-refractivity contribution in [3.05, 3.63) is 58.6 Å². The molecule has 0 unspecified atom stereocenters. The summed E-state index contributed by atoms with van der Waals surface area (Å²) < 4.78 is 6.57. The van der Waals surface area contributed by atoms with E-state index in [1.54, 1.807) is 7.11 Å². The molecule has 6 heteroatoms. The zero-order valence-corrected chi connectivity index (χ0v) is 20.8. The molecule has 0 radical (unpaired) electrons. The summed E-state index contributed by atoms with van der Waals surface area (Å²) in [5.41, 5.74) is 3.44. The molecule has 1 aliphatic rings. The Bertz CT molecular complexity index is 1050. The Kier molecular flexibility index (Phi) is 7.53. The van der Waals surface area contributed by atoms with E-state index in [-0.39, 0.29) is 0 Å². The first kappa shape index (κ1) is 22.9. The Hall–Kier alpha value is -2.31. The third-order valence-electron chi connectivity index (χ3n) is 6.37. The first-order valence-corrected chi connectivity index (χ1v) is 12.2. The Morgan fingerprint density at radius 3 is 2.59 bits per heavy atom. The molecule has 0 saturated heterocycles. The Labute approximate surface area is 199 Å². The summed E-state index contributed by atoms with van der Waals surface area (Å²) in [6.07, 6.45) is 4.82. The molecule has 4 rings (SSSR count). The number of rotatable bonds is 8. The largest absolute Gasteiger partial charge is 0.496 e. The minimum absolute atomic E-state index is 0.486. The van der Waals surface area contributed by atoms with Crippen LogP contribution in [-0.2, 0) is 6.54 Å². The third kappa shape index (κ3) is 5.54. The molecule has 1 heterocycles. The predicted octanol–water partition coefficient (Wildman–Crippen LogP) is 5.83. The molecule has 1 aliphatic carbocycles. The van der Waals surface area contributed by atoms with Crippen LogP contribution < -0.4 is 20.3 Å².